The SMILES string of the molecule is C=CC(CC)CC(CNC)CNCCCF. The molecule has 3 heteroatoms. The third kappa shape index (κ3) is 7.83. The van der Waals surface area contributed by atoms with Gasteiger partial charge in [-0.05, 0) is 57.8 Å². The monoisotopic (exact) mass is 230 g/mol. The van der Waals surface area contributed by atoms with Crippen molar-refractivity contribution in [1.29, 1.82) is 0 Å². The molecule has 2 unspecified atom stereocenters. The van der Waals surface area contributed by atoms with E-state index in [0.29, 0.717) is 18.3 Å². The van der Waals surface area contributed by atoms with Gasteiger partial charge in [0.2, 0.25) is 0 Å². The highest BCUT2D eigenvalue weighted by Crippen LogP contribution is 2.15. The smallest absolute Gasteiger partial charge is 0.0906 e. The van der Waals surface area contributed by atoms with Crippen LogP contribution in [0.2, 0.25) is 0 Å². The first-order valence-corrected chi connectivity index (χ1v) is 6.32. The summed E-state index contributed by atoms with van der Waals surface area (Å²) in [5.41, 5.74) is 0. The molecule has 0 amide bonds. The number of halogens is 1. The number of rotatable bonds is 11. The molecule has 2 atom stereocenters. The fourth-order valence-corrected chi connectivity index (χ4v) is 1.88. The second-order valence-electron chi connectivity index (χ2n) is 4.31. The Labute approximate surface area is 99.7 Å². The Balaban J connectivity index is 3.81. The molecule has 2 nitrogen and oxygen atoms in total. The zero-order valence-electron chi connectivity index (χ0n) is 10.8. The number of allylic oxidation sites excluding steroid dienone is 1. The molecule has 0 saturated heterocycles. The summed E-state index contributed by atoms with van der Waals surface area (Å²) in [4.78, 5) is 0. The van der Waals surface area contributed by atoms with Gasteiger partial charge in [0, 0.05) is 0 Å². The maximum atomic E-state index is 11.9. The first-order valence-electron chi connectivity index (χ1n) is 6.32. The summed E-state index contributed by atoms with van der Waals surface area (Å²) in [5.74, 6) is 1.20. The van der Waals surface area contributed by atoms with Gasteiger partial charge in [0.05, 0.1) is 6.67 Å². The number of nitrogens with one attached hydrogen (secondary N) is 2. The minimum absolute atomic E-state index is 0.228. The van der Waals surface area contributed by atoms with Crippen LogP contribution in [-0.2, 0) is 0 Å². The van der Waals surface area contributed by atoms with Crippen LogP contribution in [0.25, 0.3) is 0 Å². The molecule has 0 spiro atoms. The van der Waals surface area contributed by atoms with Crippen LogP contribution in [0.4, 0.5) is 4.39 Å². The molecule has 0 fully saturated rings. The minimum atomic E-state index is -0.228. The van der Waals surface area contributed by atoms with E-state index in [1.807, 2.05) is 13.1 Å². The Morgan fingerprint density at radius 3 is 2.62 bits per heavy atom. The fourth-order valence-electron chi connectivity index (χ4n) is 1.88. The summed E-state index contributed by atoms with van der Waals surface area (Å²) >= 11 is 0. The number of hydrogen-bond donors (Lipinski definition) is 2. The number of alkyl halides is 1. The molecule has 0 aromatic heterocycles. The van der Waals surface area contributed by atoms with Crippen molar-refractivity contribution in [1.82, 2.24) is 10.6 Å². The van der Waals surface area contributed by atoms with E-state index in [0.717, 1.165) is 32.5 Å². The standard InChI is InChI=1S/C13H27FN2/c1-4-12(5-2)9-13(10-15-3)11-16-8-6-7-14/h4,12-13,15-16H,1,5-11H2,2-3H3. The average molecular weight is 230 g/mol. The van der Waals surface area contributed by atoms with Gasteiger partial charge >= 0.3 is 0 Å². The van der Waals surface area contributed by atoms with E-state index in [9.17, 15) is 4.39 Å². The molecule has 0 heterocycles. The molecule has 2 N–H and O–H groups in total. The second-order valence-corrected chi connectivity index (χ2v) is 4.31. The lowest BCUT2D eigenvalue weighted by Crippen LogP contribution is -2.31. The van der Waals surface area contributed by atoms with Gasteiger partial charge < -0.3 is 10.6 Å². The lowest BCUT2D eigenvalue weighted by Gasteiger charge is -2.21. The predicted octanol–water partition coefficient (Wildman–Crippen LogP) is 2.37. The van der Waals surface area contributed by atoms with Crippen molar-refractivity contribution in [3.8, 4) is 0 Å². The zero-order valence-corrected chi connectivity index (χ0v) is 10.8. The van der Waals surface area contributed by atoms with Gasteiger partial charge in [0.1, 0.15) is 0 Å². The quantitative estimate of drug-likeness (QED) is 0.420. The van der Waals surface area contributed by atoms with Crippen LogP contribution in [0.1, 0.15) is 26.2 Å². The largest absolute Gasteiger partial charge is 0.319 e. The van der Waals surface area contributed by atoms with E-state index in [1.165, 1.54) is 0 Å². The maximum absolute atomic E-state index is 11.9. The molecular formula is C13H27FN2. The summed E-state index contributed by atoms with van der Waals surface area (Å²) in [5, 5.41) is 6.52. The van der Waals surface area contributed by atoms with E-state index in [2.05, 4.69) is 24.1 Å². The second kappa shape index (κ2) is 11.1. The van der Waals surface area contributed by atoms with Gasteiger partial charge in [0.25, 0.3) is 0 Å². The lowest BCUT2D eigenvalue weighted by atomic mass is 9.92. The van der Waals surface area contributed by atoms with Crippen LogP contribution in [-0.4, -0.2) is 33.4 Å². The molecule has 0 radical (unpaired) electrons. The predicted molar refractivity (Wildman–Crippen MR) is 69.5 cm³/mol. The topological polar surface area (TPSA) is 24.1 Å². The van der Waals surface area contributed by atoms with Crippen molar-refractivity contribution in [2.45, 2.75) is 26.2 Å². The normalized spacial score (nSPS) is 14.7. The third-order valence-corrected chi connectivity index (χ3v) is 2.91. The first kappa shape index (κ1) is 15.6. The highest BCUT2D eigenvalue weighted by molar-refractivity contribution is 4.81. The summed E-state index contributed by atoms with van der Waals surface area (Å²) < 4.78 is 11.9. The highest BCUT2D eigenvalue weighted by atomic mass is 19.1. The van der Waals surface area contributed by atoms with Gasteiger partial charge in [-0.2, -0.15) is 0 Å². The van der Waals surface area contributed by atoms with Crippen LogP contribution < -0.4 is 10.6 Å². The Hall–Kier alpha value is -0.410. The Bertz CT molecular complexity index is 162. The van der Waals surface area contributed by atoms with Gasteiger partial charge in [-0.1, -0.05) is 13.0 Å². The minimum Gasteiger partial charge on any atom is -0.319 e. The van der Waals surface area contributed by atoms with Crippen molar-refractivity contribution in [2.24, 2.45) is 11.8 Å². The van der Waals surface area contributed by atoms with Crippen molar-refractivity contribution in [3.63, 3.8) is 0 Å². The summed E-state index contributed by atoms with van der Waals surface area (Å²) in [6.45, 7) is 8.58. The van der Waals surface area contributed by atoms with Crippen LogP contribution >= 0.6 is 0 Å². The molecule has 0 aliphatic heterocycles. The zero-order chi connectivity index (χ0) is 12.2. The van der Waals surface area contributed by atoms with Gasteiger partial charge in [0.15, 0.2) is 0 Å². The van der Waals surface area contributed by atoms with Crippen molar-refractivity contribution in [3.05, 3.63) is 12.7 Å². The van der Waals surface area contributed by atoms with Crippen molar-refractivity contribution in [2.75, 3.05) is 33.4 Å². The molecule has 0 bridgehead atoms. The maximum Gasteiger partial charge on any atom is 0.0906 e. The van der Waals surface area contributed by atoms with E-state index in [4.69, 9.17) is 0 Å². The Kier molecular flexibility index (Phi) is 10.8. The average Bonchev–Trinajstić information content (AvgIpc) is 2.31. The molecule has 0 aliphatic rings. The van der Waals surface area contributed by atoms with Crippen molar-refractivity contribution >= 4 is 0 Å². The van der Waals surface area contributed by atoms with Gasteiger partial charge in [-0.3, -0.25) is 4.39 Å². The highest BCUT2D eigenvalue weighted by Gasteiger charge is 2.12. The van der Waals surface area contributed by atoms with E-state index < -0.39 is 0 Å². The van der Waals surface area contributed by atoms with Gasteiger partial charge in [-0.25, -0.2) is 0 Å². The molecule has 0 rings (SSSR count). The Morgan fingerprint density at radius 1 is 1.38 bits per heavy atom. The van der Waals surface area contributed by atoms with Crippen LogP contribution in [0.5, 0.6) is 0 Å². The summed E-state index contributed by atoms with van der Waals surface area (Å²) in [6, 6.07) is 0. The van der Waals surface area contributed by atoms with E-state index >= 15 is 0 Å². The van der Waals surface area contributed by atoms with Crippen LogP contribution in [0.15, 0.2) is 12.7 Å². The van der Waals surface area contributed by atoms with Crippen LogP contribution in [0.3, 0.4) is 0 Å². The third-order valence-electron chi connectivity index (χ3n) is 2.91. The molecular weight excluding hydrogens is 203 g/mol. The van der Waals surface area contributed by atoms with Crippen molar-refractivity contribution < 1.29 is 4.39 Å². The fraction of sp³-hybridized carbons (Fsp3) is 0.846. The molecule has 0 aromatic rings. The molecule has 0 aromatic carbocycles. The summed E-state index contributed by atoms with van der Waals surface area (Å²) in [6.07, 6.45) is 4.97. The molecule has 96 valence electrons. The molecule has 0 aliphatic carbocycles. The lowest BCUT2D eigenvalue weighted by molar-refractivity contribution is 0.370. The molecule has 16 heavy (non-hydrogen) atoms. The number of hydrogen-bond acceptors (Lipinski definition) is 2. The summed E-state index contributed by atoms with van der Waals surface area (Å²) in [7, 11) is 1.98. The van der Waals surface area contributed by atoms with Gasteiger partial charge in [-0.15, -0.1) is 6.58 Å². The Morgan fingerprint density at radius 2 is 2.12 bits per heavy atom. The van der Waals surface area contributed by atoms with E-state index in [-0.39, 0.29) is 6.67 Å². The molecule has 0 saturated carbocycles. The van der Waals surface area contributed by atoms with E-state index in [1.54, 1.807) is 0 Å². The van der Waals surface area contributed by atoms with Crippen LogP contribution in [0, 0.1) is 11.8 Å². The first-order chi connectivity index (χ1) is 7.78.